The van der Waals surface area contributed by atoms with E-state index in [0.29, 0.717) is 0 Å². The molecule has 31 heavy (non-hydrogen) atoms. The number of nitro benzene ring substituents is 2. The van der Waals surface area contributed by atoms with Gasteiger partial charge in [-0.2, -0.15) is 0 Å². The van der Waals surface area contributed by atoms with Crippen molar-refractivity contribution in [3.05, 3.63) is 86.7 Å². The summed E-state index contributed by atoms with van der Waals surface area (Å²) in [6.45, 7) is 0. The van der Waals surface area contributed by atoms with Crippen LogP contribution in [0.25, 0.3) is 0 Å². The Morgan fingerprint density at radius 3 is 2.23 bits per heavy atom. The average Bonchev–Trinajstić information content (AvgIpc) is 2.74. The molecule has 0 saturated heterocycles. The van der Waals surface area contributed by atoms with Crippen molar-refractivity contribution in [3.8, 4) is 0 Å². The van der Waals surface area contributed by atoms with Gasteiger partial charge in [-0.05, 0) is 18.2 Å². The Morgan fingerprint density at radius 2 is 1.58 bits per heavy atom. The fraction of sp³-hybridized carbons (Fsp3) is 0. The van der Waals surface area contributed by atoms with Crippen LogP contribution in [0.1, 0.15) is 10.4 Å². The summed E-state index contributed by atoms with van der Waals surface area (Å²) in [6, 6.07) is 8.76. The zero-order valence-corrected chi connectivity index (χ0v) is 16.1. The minimum Gasteiger partial charge on any atom is -0.290 e. The van der Waals surface area contributed by atoms with E-state index in [2.05, 4.69) is 20.0 Å². The van der Waals surface area contributed by atoms with Gasteiger partial charge in [-0.3, -0.25) is 35.1 Å². The summed E-state index contributed by atoms with van der Waals surface area (Å²) < 4.78 is 27.6. The van der Waals surface area contributed by atoms with Crippen LogP contribution in [0.5, 0.6) is 0 Å². The van der Waals surface area contributed by atoms with Gasteiger partial charge in [-0.15, -0.1) is 0 Å². The van der Waals surface area contributed by atoms with Gasteiger partial charge in [0.2, 0.25) is 5.95 Å². The highest BCUT2D eigenvalue weighted by Crippen LogP contribution is 2.25. The molecule has 0 aliphatic carbocycles. The van der Waals surface area contributed by atoms with Crippen LogP contribution >= 0.6 is 0 Å². The number of sulfonamides is 1. The lowest BCUT2D eigenvalue weighted by Crippen LogP contribution is -2.17. The number of amides is 1. The van der Waals surface area contributed by atoms with Gasteiger partial charge in [0.05, 0.1) is 20.4 Å². The van der Waals surface area contributed by atoms with Gasteiger partial charge in [0.25, 0.3) is 27.3 Å². The van der Waals surface area contributed by atoms with Gasteiger partial charge in [-0.1, -0.05) is 6.07 Å². The quantitative estimate of drug-likeness (QED) is 0.407. The predicted octanol–water partition coefficient (Wildman–Crippen LogP) is 2.35. The molecule has 0 radical (unpaired) electrons. The molecule has 13 nitrogen and oxygen atoms in total. The monoisotopic (exact) mass is 444 g/mol. The maximum absolute atomic E-state index is 12.7. The third-order valence-corrected chi connectivity index (χ3v) is 5.14. The van der Waals surface area contributed by atoms with E-state index in [9.17, 15) is 33.4 Å². The number of rotatable bonds is 7. The van der Waals surface area contributed by atoms with E-state index >= 15 is 0 Å². The minimum atomic E-state index is -4.43. The summed E-state index contributed by atoms with van der Waals surface area (Å²) in [5, 5.41) is 24.4. The number of aromatic nitrogens is 2. The van der Waals surface area contributed by atoms with Crippen LogP contribution in [0.2, 0.25) is 0 Å². The first-order valence-electron chi connectivity index (χ1n) is 8.31. The fourth-order valence-electron chi connectivity index (χ4n) is 2.41. The molecule has 0 bridgehead atoms. The molecular weight excluding hydrogens is 432 g/mol. The molecular formula is C17H12N6O7S. The van der Waals surface area contributed by atoms with Crippen molar-refractivity contribution in [2.24, 2.45) is 0 Å². The van der Waals surface area contributed by atoms with Crippen LogP contribution in [0.4, 0.5) is 23.0 Å². The second-order valence-electron chi connectivity index (χ2n) is 5.91. The molecule has 3 aromatic rings. The molecule has 2 N–H and O–H groups in total. The zero-order valence-electron chi connectivity index (χ0n) is 15.3. The van der Waals surface area contributed by atoms with Gasteiger partial charge < -0.3 is 0 Å². The van der Waals surface area contributed by atoms with Gasteiger partial charge in [0.1, 0.15) is 0 Å². The van der Waals surface area contributed by atoms with E-state index in [1.54, 1.807) is 0 Å². The van der Waals surface area contributed by atoms with Crippen molar-refractivity contribution in [2.75, 3.05) is 10.0 Å². The van der Waals surface area contributed by atoms with Crippen LogP contribution < -0.4 is 10.0 Å². The van der Waals surface area contributed by atoms with E-state index in [1.807, 2.05) is 0 Å². The molecule has 0 unspecified atom stereocenters. The lowest BCUT2D eigenvalue weighted by atomic mass is 10.2. The van der Waals surface area contributed by atoms with Crippen LogP contribution in [0.15, 0.2) is 65.8 Å². The first kappa shape index (κ1) is 21.3. The van der Waals surface area contributed by atoms with Crippen molar-refractivity contribution in [2.45, 2.75) is 4.90 Å². The lowest BCUT2D eigenvalue weighted by molar-refractivity contribution is -0.385. The number of benzene rings is 2. The molecule has 1 heterocycles. The van der Waals surface area contributed by atoms with Crippen molar-refractivity contribution in [3.63, 3.8) is 0 Å². The first-order chi connectivity index (χ1) is 14.7. The second-order valence-corrected chi connectivity index (χ2v) is 7.59. The number of carbonyl (C=O) groups is 1. The summed E-state index contributed by atoms with van der Waals surface area (Å²) in [4.78, 5) is 40.0. The summed E-state index contributed by atoms with van der Waals surface area (Å²) in [5.74, 6) is -0.958. The van der Waals surface area contributed by atoms with Gasteiger partial charge in [-0.25, -0.2) is 18.4 Å². The second kappa shape index (κ2) is 8.50. The van der Waals surface area contributed by atoms with Crippen molar-refractivity contribution >= 4 is 38.9 Å². The molecule has 0 aliphatic rings. The molecule has 3 rings (SSSR count). The SMILES string of the molecule is O=C(Nc1ncccn1)c1cc([N+](=O)[O-])cc(S(=O)(=O)Nc2cccc([N+](=O)[O-])c2)c1. The Morgan fingerprint density at radius 1 is 0.903 bits per heavy atom. The third kappa shape index (κ3) is 5.13. The maximum Gasteiger partial charge on any atom is 0.271 e. The number of nitrogens with one attached hydrogen (secondary N) is 2. The molecule has 1 aromatic heterocycles. The Bertz CT molecular complexity index is 1280. The summed E-state index contributed by atoms with van der Waals surface area (Å²) in [5.41, 5.74) is -1.48. The summed E-state index contributed by atoms with van der Waals surface area (Å²) in [6.07, 6.45) is 2.71. The smallest absolute Gasteiger partial charge is 0.271 e. The fourth-order valence-corrected chi connectivity index (χ4v) is 3.52. The normalized spacial score (nSPS) is 10.8. The largest absolute Gasteiger partial charge is 0.290 e. The number of nitrogens with zero attached hydrogens (tertiary/aromatic N) is 4. The van der Waals surface area contributed by atoms with Gasteiger partial charge >= 0.3 is 0 Å². The van der Waals surface area contributed by atoms with Crippen LogP contribution in [-0.2, 0) is 10.0 Å². The van der Waals surface area contributed by atoms with Gasteiger partial charge in [0.15, 0.2) is 0 Å². The van der Waals surface area contributed by atoms with Crippen LogP contribution in [0, 0.1) is 20.2 Å². The standard InChI is InChI=1S/C17H12N6O7S/c24-16(20-17-18-5-2-6-19-17)11-7-14(23(27)28)10-15(8-11)31(29,30)21-12-3-1-4-13(9-12)22(25)26/h1-10,21H,(H,18,19,20,24). The van der Waals surface area contributed by atoms with Crippen molar-refractivity contribution in [1.82, 2.24) is 9.97 Å². The number of carbonyl (C=O) groups excluding carboxylic acids is 1. The Hall–Kier alpha value is -4.46. The molecule has 14 heteroatoms. The Labute approximate surface area is 174 Å². The van der Waals surface area contributed by atoms with E-state index in [0.717, 1.165) is 24.3 Å². The van der Waals surface area contributed by atoms with E-state index in [4.69, 9.17) is 0 Å². The minimum absolute atomic E-state index is 0.0851. The topological polar surface area (TPSA) is 187 Å². The molecule has 0 atom stereocenters. The average molecular weight is 444 g/mol. The molecule has 1 amide bonds. The Kier molecular flexibility index (Phi) is 5.83. The molecule has 0 spiro atoms. The highest BCUT2D eigenvalue weighted by Gasteiger charge is 2.23. The predicted molar refractivity (Wildman–Crippen MR) is 107 cm³/mol. The van der Waals surface area contributed by atoms with E-state index < -0.39 is 36.4 Å². The third-order valence-electron chi connectivity index (χ3n) is 3.77. The maximum atomic E-state index is 12.7. The Balaban J connectivity index is 1.97. The highest BCUT2D eigenvalue weighted by molar-refractivity contribution is 7.92. The number of anilines is 2. The molecule has 0 saturated carbocycles. The van der Waals surface area contributed by atoms with E-state index in [1.165, 1.54) is 36.7 Å². The molecule has 0 aliphatic heterocycles. The molecule has 0 fully saturated rings. The van der Waals surface area contributed by atoms with Crippen molar-refractivity contribution in [1.29, 1.82) is 0 Å². The zero-order chi connectivity index (χ0) is 22.6. The number of hydrogen-bond acceptors (Lipinski definition) is 9. The number of non-ortho nitro benzene ring substituents is 2. The van der Waals surface area contributed by atoms with Crippen LogP contribution in [0.3, 0.4) is 0 Å². The van der Waals surface area contributed by atoms with E-state index in [-0.39, 0.29) is 22.9 Å². The number of hydrogen-bond donors (Lipinski definition) is 2. The van der Waals surface area contributed by atoms with Crippen molar-refractivity contribution < 1.29 is 23.1 Å². The first-order valence-corrected chi connectivity index (χ1v) is 9.79. The van der Waals surface area contributed by atoms with Gasteiger partial charge in [0, 0.05) is 42.2 Å². The lowest BCUT2D eigenvalue weighted by Gasteiger charge is -2.10. The summed E-state index contributed by atoms with van der Waals surface area (Å²) >= 11 is 0. The van der Waals surface area contributed by atoms with Crippen LogP contribution in [-0.4, -0.2) is 34.1 Å². The highest BCUT2D eigenvalue weighted by atomic mass is 32.2. The molecule has 2 aromatic carbocycles. The number of nitro groups is 2. The molecule has 158 valence electrons. The summed E-state index contributed by atoms with van der Waals surface area (Å²) in [7, 11) is -4.43.